The van der Waals surface area contributed by atoms with Gasteiger partial charge in [0.05, 0.1) is 17.3 Å². The van der Waals surface area contributed by atoms with Crippen molar-refractivity contribution in [2.45, 2.75) is 19.9 Å². The van der Waals surface area contributed by atoms with Gasteiger partial charge >= 0.3 is 0 Å². The minimum Gasteiger partial charge on any atom is -0.496 e. The molecule has 0 unspecified atom stereocenters. The van der Waals surface area contributed by atoms with Crippen LogP contribution in [0.2, 0.25) is 0 Å². The van der Waals surface area contributed by atoms with E-state index in [-0.39, 0.29) is 0 Å². The summed E-state index contributed by atoms with van der Waals surface area (Å²) in [6, 6.07) is 5.76. The van der Waals surface area contributed by atoms with Gasteiger partial charge < -0.3 is 14.5 Å². The van der Waals surface area contributed by atoms with E-state index in [1.807, 2.05) is 18.2 Å². The van der Waals surface area contributed by atoms with Crippen molar-refractivity contribution in [3.63, 3.8) is 0 Å². The van der Waals surface area contributed by atoms with E-state index in [1.54, 1.807) is 13.4 Å². The molecule has 0 saturated heterocycles. The average Bonchev–Trinajstić information content (AvgIpc) is 2.88. The highest BCUT2D eigenvalue weighted by Gasteiger charge is 2.09. The molecule has 1 heterocycles. The molecule has 0 saturated carbocycles. The Balaban J connectivity index is 2.11. The summed E-state index contributed by atoms with van der Waals surface area (Å²) in [4.78, 5) is 4.46. The van der Waals surface area contributed by atoms with Crippen LogP contribution in [0.25, 0.3) is 11.5 Å². The van der Waals surface area contributed by atoms with E-state index < -0.39 is 0 Å². The van der Waals surface area contributed by atoms with E-state index >= 15 is 0 Å². The topological polar surface area (TPSA) is 47.3 Å². The molecule has 0 aliphatic rings. The standard InChI is InChI=1S/C14H17BrN2O2/c1-3-6-16-8-11-9-19-14(17-11)10-4-5-13(18-2)12(15)7-10/h4-5,7,9,16H,3,6,8H2,1-2H3. The molecule has 0 fully saturated rings. The molecule has 5 heteroatoms. The van der Waals surface area contributed by atoms with Crippen LogP contribution in [0.4, 0.5) is 0 Å². The van der Waals surface area contributed by atoms with Gasteiger partial charge in [0.25, 0.3) is 0 Å². The number of benzene rings is 1. The second kappa shape index (κ2) is 6.73. The monoisotopic (exact) mass is 324 g/mol. The van der Waals surface area contributed by atoms with Crippen LogP contribution in [0.15, 0.2) is 33.4 Å². The van der Waals surface area contributed by atoms with Gasteiger partial charge in [0.2, 0.25) is 5.89 Å². The van der Waals surface area contributed by atoms with Gasteiger partial charge in [-0.1, -0.05) is 6.92 Å². The minimum absolute atomic E-state index is 0.622. The fourth-order valence-corrected chi connectivity index (χ4v) is 2.25. The number of hydrogen-bond acceptors (Lipinski definition) is 4. The smallest absolute Gasteiger partial charge is 0.226 e. The summed E-state index contributed by atoms with van der Waals surface area (Å²) in [5.41, 5.74) is 1.84. The second-order valence-corrected chi connectivity index (χ2v) is 5.02. The first-order chi connectivity index (χ1) is 9.24. The first-order valence-electron chi connectivity index (χ1n) is 6.23. The Hall–Kier alpha value is -1.33. The van der Waals surface area contributed by atoms with Crippen LogP contribution < -0.4 is 10.1 Å². The zero-order valence-electron chi connectivity index (χ0n) is 11.1. The van der Waals surface area contributed by atoms with E-state index in [2.05, 4.69) is 33.2 Å². The number of aromatic nitrogens is 1. The van der Waals surface area contributed by atoms with Gasteiger partial charge in [0.15, 0.2) is 0 Å². The molecule has 2 aromatic rings. The Morgan fingerprint density at radius 3 is 2.95 bits per heavy atom. The molecule has 0 amide bonds. The predicted molar refractivity (Wildman–Crippen MR) is 78.2 cm³/mol. The van der Waals surface area contributed by atoms with Gasteiger partial charge in [-0.2, -0.15) is 0 Å². The molecule has 0 bridgehead atoms. The van der Waals surface area contributed by atoms with Crippen LogP contribution in [0.3, 0.4) is 0 Å². The maximum absolute atomic E-state index is 5.50. The molecule has 0 radical (unpaired) electrons. The first-order valence-corrected chi connectivity index (χ1v) is 7.03. The van der Waals surface area contributed by atoms with Crippen LogP contribution in [0.1, 0.15) is 19.0 Å². The van der Waals surface area contributed by atoms with E-state index in [9.17, 15) is 0 Å². The summed E-state index contributed by atoms with van der Waals surface area (Å²) < 4.78 is 11.6. The molecule has 1 N–H and O–H groups in total. The van der Waals surface area contributed by atoms with Gasteiger partial charge in [-0.15, -0.1) is 0 Å². The summed E-state index contributed by atoms with van der Waals surface area (Å²) in [5.74, 6) is 1.41. The highest BCUT2D eigenvalue weighted by atomic mass is 79.9. The highest BCUT2D eigenvalue weighted by Crippen LogP contribution is 2.30. The van der Waals surface area contributed by atoms with E-state index in [0.717, 1.165) is 41.0 Å². The molecular formula is C14H17BrN2O2. The van der Waals surface area contributed by atoms with E-state index in [1.165, 1.54) is 0 Å². The third-order valence-electron chi connectivity index (χ3n) is 2.68. The third-order valence-corrected chi connectivity index (χ3v) is 3.30. The summed E-state index contributed by atoms with van der Waals surface area (Å²) >= 11 is 3.46. The number of methoxy groups -OCH3 is 1. The average molecular weight is 325 g/mol. The van der Waals surface area contributed by atoms with Gasteiger partial charge in [-0.25, -0.2) is 4.98 Å². The molecule has 4 nitrogen and oxygen atoms in total. The van der Waals surface area contributed by atoms with Gasteiger partial charge in [0, 0.05) is 12.1 Å². The Morgan fingerprint density at radius 1 is 1.42 bits per heavy atom. The SMILES string of the molecule is CCCNCc1coc(-c2ccc(OC)c(Br)c2)n1. The van der Waals surface area contributed by atoms with Crippen molar-refractivity contribution < 1.29 is 9.15 Å². The van der Waals surface area contributed by atoms with Crippen LogP contribution in [0, 0.1) is 0 Å². The van der Waals surface area contributed by atoms with Crippen molar-refractivity contribution in [1.29, 1.82) is 0 Å². The Bertz CT molecular complexity index is 540. The molecule has 0 aliphatic carbocycles. The number of halogens is 1. The quantitative estimate of drug-likeness (QED) is 0.824. The lowest BCUT2D eigenvalue weighted by Crippen LogP contribution is -2.13. The zero-order valence-corrected chi connectivity index (χ0v) is 12.7. The lowest BCUT2D eigenvalue weighted by Gasteiger charge is -2.03. The van der Waals surface area contributed by atoms with Crippen molar-refractivity contribution in [1.82, 2.24) is 10.3 Å². The number of hydrogen-bond donors (Lipinski definition) is 1. The maximum Gasteiger partial charge on any atom is 0.226 e. The molecular weight excluding hydrogens is 308 g/mol. The van der Waals surface area contributed by atoms with Gasteiger partial charge in [-0.3, -0.25) is 0 Å². The molecule has 1 aromatic heterocycles. The van der Waals surface area contributed by atoms with Gasteiger partial charge in [-0.05, 0) is 47.1 Å². The summed E-state index contributed by atoms with van der Waals surface area (Å²) in [7, 11) is 1.64. The van der Waals surface area contributed by atoms with Crippen LogP contribution in [0.5, 0.6) is 5.75 Å². The number of rotatable bonds is 6. The normalized spacial score (nSPS) is 10.7. The van der Waals surface area contributed by atoms with Crippen molar-refractivity contribution in [2.75, 3.05) is 13.7 Å². The largest absolute Gasteiger partial charge is 0.496 e. The van der Waals surface area contributed by atoms with Crippen LogP contribution >= 0.6 is 15.9 Å². The molecule has 19 heavy (non-hydrogen) atoms. The minimum atomic E-state index is 0.622. The summed E-state index contributed by atoms with van der Waals surface area (Å²) in [5, 5.41) is 3.29. The van der Waals surface area contributed by atoms with Crippen molar-refractivity contribution in [3.8, 4) is 17.2 Å². The maximum atomic E-state index is 5.50. The number of ether oxygens (including phenoxy) is 1. The predicted octanol–water partition coefficient (Wildman–Crippen LogP) is 3.61. The van der Waals surface area contributed by atoms with Crippen LogP contribution in [-0.2, 0) is 6.54 Å². The van der Waals surface area contributed by atoms with Crippen LogP contribution in [-0.4, -0.2) is 18.6 Å². The number of oxazole rings is 1. The van der Waals surface area contributed by atoms with E-state index in [4.69, 9.17) is 9.15 Å². The highest BCUT2D eigenvalue weighted by molar-refractivity contribution is 9.10. The molecule has 0 aliphatic heterocycles. The fraction of sp³-hybridized carbons (Fsp3) is 0.357. The lowest BCUT2D eigenvalue weighted by molar-refractivity contribution is 0.412. The molecule has 1 aromatic carbocycles. The van der Waals surface area contributed by atoms with E-state index in [0.29, 0.717) is 5.89 Å². The molecule has 102 valence electrons. The molecule has 0 atom stereocenters. The number of nitrogens with zero attached hydrogens (tertiary/aromatic N) is 1. The zero-order chi connectivity index (χ0) is 13.7. The summed E-state index contributed by atoms with van der Waals surface area (Å²) in [6.07, 6.45) is 2.80. The molecule has 0 spiro atoms. The fourth-order valence-electron chi connectivity index (χ4n) is 1.71. The first kappa shape index (κ1) is 14.1. The second-order valence-electron chi connectivity index (χ2n) is 4.17. The van der Waals surface area contributed by atoms with Crippen molar-refractivity contribution in [3.05, 3.63) is 34.6 Å². The van der Waals surface area contributed by atoms with Crippen molar-refractivity contribution >= 4 is 15.9 Å². The summed E-state index contributed by atoms with van der Waals surface area (Å²) in [6.45, 7) is 3.85. The number of nitrogens with one attached hydrogen (secondary N) is 1. The molecule has 2 rings (SSSR count). The van der Waals surface area contributed by atoms with Gasteiger partial charge in [0.1, 0.15) is 12.0 Å². The Morgan fingerprint density at radius 2 is 2.26 bits per heavy atom. The lowest BCUT2D eigenvalue weighted by atomic mass is 10.2. The Labute approximate surface area is 121 Å². The third kappa shape index (κ3) is 3.58. The van der Waals surface area contributed by atoms with Crippen molar-refractivity contribution in [2.24, 2.45) is 0 Å². The Kier molecular flexibility index (Phi) is 4.99.